The van der Waals surface area contributed by atoms with Crippen LogP contribution in [-0.2, 0) is 4.79 Å². The number of fused-ring (bicyclic) bond motifs is 2. The number of allylic oxidation sites excluding steroid dienone is 2. The molecule has 3 unspecified atom stereocenters. The van der Waals surface area contributed by atoms with Crippen LogP contribution >= 0.6 is 0 Å². The number of hydrogen-bond donors (Lipinski definition) is 2. The van der Waals surface area contributed by atoms with Gasteiger partial charge in [0.2, 0.25) is 5.91 Å². The van der Waals surface area contributed by atoms with E-state index in [4.69, 9.17) is 0 Å². The minimum absolute atomic E-state index is 0.108. The molecule has 1 amide bonds. The Kier molecular flexibility index (Phi) is 3.41. The smallest absolute Gasteiger partial charge is 0.233 e. The first kappa shape index (κ1) is 10.7. The van der Waals surface area contributed by atoms with Crippen LogP contribution in [0.5, 0.6) is 0 Å². The highest BCUT2D eigenvalue weighted by atomic mass is 16.1. The number of rotatable bonds is 5. The van der Waals surface area contributed by atoms with Gasteiger partial charge in [-0.2, -0.15) is 0 Å². The van der Waals surface area contributed by atoms with Crippen molar-refractivity contribution in [2.45, 2.75) is 19.8 Å². The molecule has 0 aliphatic heterocycles. The molecule has 2 rings (SSSR count). The Bertz CT molecular complexity index is 262. The highest BCUT2D eigenvalue weighted by molar-refractivity contribution is 5.77. The highest BCUT2D eigenvalue weighted by Gasteiger charge is 2.34. The van der Waals surface area contributed by atoms with Crippen molar-refractivity contribution in [2.75, 3.05) is 19.6 Å². The summed E-state index contributed by atoms with van der Waals surface area (Å²) in [6, 6.07) is 0. The average Bonchev–Trinajstić information content (AvgIpc) is 2.79. The van der Waals surface area contributed by atoms with Gasteiger partial charge in [0.05, 0.1) is 6.54 Å². The predicted octanol–water partition coefficient (Wildman–Crippen LogP) is 0.924. The Hall–Kier alpha value is -0.830. The fourth-order valence-corrected chi connectivity index (χ4v) is 2.76. The van der Waals surface area contributed by atoms with Crippen molar-refractivity contribution in [1.82, 2.24) is 10.6 Å². The molecule has 0 aromatic carbocycles. The monoisotopic (exact) mass is 208 g/mol. The predicted molar refractivity (Wildman–Crippen MR) is 60.4 cm³/mol. The fourth-order valence-electron chi connectivity index (χ4n) is 2.76. The molecule has 84 valence electrons. The van der Waals surface area contributed by atoms with E-state index in [2.05, 4.69) is 22.8 Å². The summed E-state index contributed by atoms with van der Waals surface area (Å²) in [4.78, 5) is 11.2. The first-order valence-corrected chi connectivity index (χ1v) is 5.95. The summed E-state index contributed by atoms with van der Waals surface area (Å²) >= 11 is 0. The first-order valence-electron chi connectivity index (χ1n) is 5.95. The van der Waals surface area contributed by atoms with Crippen LogP contribution in [0.1, 0.15) is 19.8 Å². The molecular weight excluding hydrogens is 188 g/mol. The molecule has 3 atom stereocenters. The van der Waals surface area contributed by atoms with Gasteiger partial charge < -0.3 is 10.6 Å². The van der Waals surface area contributed by atoms with E-state index in [1.54, 1.807) is 0 Å². The van der Waals surface area contributed by atoms with Crippen molar-refractivity contribution in [2.24, 2.45) is 17.8 Å². The van der Waals surface area contributed by atoms with E-state index in [1.165, 1.54) is 12.8 Å². The Morgan fingerprint density at radius 3 is 2.87 bits per heavy atom. The molecule has 3 heteroatoms. The standard InChI is InChI=1S/C12H20N2O/c1-2-14-12(15)8-13-7-11-6-9-3-4-10(11)5-9/h3-4,9-11,13H,2,5-8H2,1H3,(H,14,15). The molecule has 0 heterocycles. The molecule has 2 aliphatic rings. The summed E-state index contributed by atoms with van der Waals surface area (Å²) in [5.74, 6) is 2.47. The van der Waals surface area contributed by atoms with Gasteiger partial charge >= 0.3 is 0 Å². The maximum atomic E-state index is 11.2. The minimum atomic E-state index is 0.108. The summed E-state index contributed by atoms with van der Waals surface area (Å²) in [6.45, 7) is 4.12. The Morgan fingerprint density at radius 1 is 1.40 bits per heavy atom. The molecule has 0 radical (unpaired) electrons. The van der Waals surface area contributed by atoms with Crippen molar-refractivity contribution in [3.63, 3.8) is 0 Å². The number of amides is 1. The Labute approximate surface area is 91.3 Å². The summed E-state index contributed by atoms with van der Waals surface area (Å²) < 4.78 is 0. The van der Waals surface area contributed by atoms with Gasteiger partial charge in [-0.05, 0) is 44.1 Å². The van der Waals surface area contributed by atoms with Crippen LogP contribution < -0.4 is 10.6 Å². The minimum Gasteiger partial charge on any atom is -0.355 e. The molecule has 0 saturated heterocycles. The van der Waals surface area contributed by atoms with Crippen LogP contribution in [0.4, 0.5) is 0 Å². The van der Waals surface area contributed by atoms with E-state index in [0.717, 1.165) is 30.8 Å². The molecule has 0 spiro atoms. The zero-order valence-electron chi connectivity index (χ0n) is 9.33. The largest absolute Gasteiger partial charge is 0.355 e. The second kappa shape index (κ2) is 4.79. The second-order valence-corrected chi connectivity index (χ2v) is 4.62. The normalized spacial score (nSPS) is 32.2. The lowest BCUT2D eigenvalue weighted by Crippen LogP contribution is -2.36. The van der Waals surface area contributed by atoms with Gasteiger partial charge in [-0.1, -0.05) is 12.2 Å². The summed E-state index contributed by atoms with van der Waals surface area (Å²) in [7, 11) is 0. The number of carbonyl (C=O) groups excluding carboxylic acids is 1. The van der Waals surface area contributed by atoms with Crippen LogP contribution in [0.15, 0.2) is 12.2 Å². The van der Waals surface area contributed by atoms with Crippen LogP contribution in [0.3, 0.4) is 0 Å². The molecule has 2 N–H and O–H groups in total. The molecule has 1 saturated carbocycles. The van der Waals surface area contributed by atoms with E-state index in [9.17, 15) is 4.79 Å². The summed E-state index contributed by atoms with van der Waals surface area (Å²) in [5.41, 5.74) is 0. The van der Waals surface area contributed by atoms with Crippen LogP contribution in [-0.4, -0.2) is 25.5 Å². The molecule has 3 nitrogen and oxygen atoms in total. The maximum Gasteiger partial charge on any atom is 0.233 e. The summed E-state index contributed by atoms with van der Waals surface area (Å²) in [5, 5.41) is 6.04. The quantitative estimate of drug-likeness (QED) is 0.660. The number of hydrogen-bond acceptors (Lipinski definition) is 2. The lowest BCUT2D eigenvalue weighted by Gasteiger charge is -2.18. The van der Waals surface area contributed by atoms with Gasteiger partial charge in [0, 0.05) is 6.54 Å². The van der Waals surface area contributed by atoms with E-state index in [1.807, 2.05) is 6.92 Å². The zero-order valence-corrected chi connectivity index (χ0v) is 9.33. The van der Waals surface area contributed by atoms with Crippen molar-refractivity contribution >= 4 is 5.91 Å². The molecule has 0 aromatic heterocycles. The SMILES string of the molecule is CCNC(=O)CNCC1CC2C=CC1C2. The second-order valence-electron chi connectivity index (χ2n) is 4.62. The van der Waals surface area contributed by atoms with Gasteiger partial charge in [0.25, 0.3) is 0 Å². The third-order valence-electron chi connectivity index (χ3n) is 3.48. The first-order chi connectivity index (χ1) is 7.29. The van der Waals surface area contributed by atoms with Crippen molar-refractivity contribution in [3.05, 3.63) is 12.2 Å². The Morgan fingerprint density at radius 2 is 2.27 bits per heavy atom. The van der Waals surface area contributed by atoms with Gasteiger partial charge in [-0.15, -0.1) is 0 Å². The number of carbonyl (C=O) groups is 1. The van der Waals surface area contributed by atoms with E-state index < -0.39 is 0 Å². The Balaban J connectivity index is 1.63. The average molecular weight is 208 g/mol. The van der Waals surface area contributed by atoms with Crippen LogP contribution in [0, 0.1) is 17.8 Å². The van der Waals surface area contributed by atoms with Crippen molar-refractivity contribution in [3.8, 4) is 0 Å². The lowest BCUT2D eigenvalue weighted by atomic mass is 9.94. The van der Waals surface area contributed by atoms with Crippen LogP contribution in [0.2, 0.25) is 0 Å². The lowest BCUT2D eigenvalue weighted by molar-refractivity contribution is -0.120. The van der Waals surface area contributed by atoms with Gasteiger partial charge in [-0.3, -0.25) is 4.79 Å². The van der Waals surface area contributed by atoms with Crippen LogP contribution in [0.25, 0.3) is 0 Å². The third-order valence-corrected chi connectivity index (χ3v) is 3.48. The van der Waals surface area contributed by atoms with E-state index in [-0.39, 0.29) is 5.91 Å². The van der Waals surface area contributed by atoms with E-state index >= 15 is 0 Å². The molecule has 2 bridgehead atoms. The fraction of sp³-hybridized carbons (Fsp3) is 0.750. The third kappa shape index (κ3) is 2.59. The molecule has 1 fully saturated rings. The number of likely N-dealkylation sites (N-methyl/N-ethyl adjacent to an activating group) is 1. The molecule has 2 aliphatic carbocycles. The topological polar surface area (TPSA) is 41.1 Å². The van der Waals surface area contributed by atoms with Crippen molar-refractivity contribution < 1.29 is 4.79 Å². The maximum absolute atomic E-state index is 11.2. The zero-order chi connectivity index (χ0) is 10.7. The van der Waals surface area contributed by atoms with Crippen molar-refractivity contribution in [1.29, 1.82) is 0 Å². The molecular formula is C12H20N2O. The van der Waals surface area contributed by atoms with E-state index in [0.29, 0.717) is 6.54 Å². The number of nitrogens with one attached hydrogen (secondary N) is 2. The van der Waals surface area contributed by atoms with Gasteiger partial charge in [0.1, 0.15) is 0 Å². The molecule has 15 heavy (non-hydrogen) atoms. The highest BCUT2D eigenvalue weighted by Crippen LogP contribution is 2.42. The summed E-state index contributed by atoms with van der Waals surface area (Å²) in [6.07, 6.45) is 7.36. The molecule has 0 aromatic rings. The van der Waals surface area contributed by atoms with Gasteiger partial charge in [-0.25, -0.2) is 0 Å². The van der Waals surface area contributed by atoms with Gasteiger partial charge in [0.15, 0.2) is 0 Å².